The third-order valence-electron chi connectivity index (χ3n) is 2.10. The van der Waals surface area contributed by atoms with Gasteiger partial charge in [0.1, 0.15) is 5.78 Å². The minimum absolute atomic E-state index is 0.160. The Morgan fingerprint density at radius 1 is 1.56 bits per heavy atom. The highest BCUT2D eigenvalue weighted by atomic mass is 16.1. The van der Waals surface area contributed by atoms with Gasteiger partial charge in [-0.15, -0.1) is 0 Å². The van der Waals surface area contributed by atoms with E-state index in [1.54, 1.807) is 6.92 Å². The first-order chi connectivity index (χ1) is 4.63. The van der Waals surface area contributed by atoms with Gasteiger partial charge in [0, 0.05) is 6.79 Å². The smallest absolute Gasteiger partial charge is 0.135 e. The van der Waals surface area contributed by atoms with E-state index in [4.69, 9.17) is 1.37 Å². The number of carbonyl (C=O) groups is 1. The van der Waals surface area contributed by atoms with Gasteiger partial charge in [0.05, 0.1) is 0 Å². The maximum absolute atomic E-state index is 11.0. The van der Waals surface area contributed by atoms with Gasteiger partial charge in [-0.25, -0.2) is 0 Å². The van der Waals surface area contributed by atoms with E-state index in [1.807, 2.05) is 13.8 Å². The van der Waals surface area contributed by atoms with Gasteiger partial charge >= 0.3 is 0 Å². The summed E-state index contributed by atoms with van der Waals surface area (Å²) in [4.78, 5) is 11.0. The molecule has 0 aliphatic rings. The highest BCUT2D eigenvalue weighted by Crippen LogP contribution is 2.25. The predicted octanol–water partition coefficient (Wildman–Crippen LogP) is 2.40. The molecular formula is C8H16O. The molecule has 0 bridgehead atoms. The van der Waals surface area contributed by atoms with Gasteiger partial charge in [0.25, 0.3) is 0 Å². The van der Waals surface area contributed by atoms with Crippen LogP contribution in [0.2, 0.25) is 0 Å². The van der Waals surface area contributed by atoms with Gasteiger partial charge in [0.15, 0.2) is 0 Å². The number of Topliss-reactive ketones (excluding diaryl/α,β-unsaturated/α-hetero) is 1. The summed E-state index contributed by atoms with van der Waals surface area (Å²) in [7, 11) is 0. The summed E-state index contributed by atoms with van der Waals surface area (Å²) in [5.41, 5.74) is -0.347. The van der Waals surface area contributed by atoms with Crippen LogP contribution in [0.1, 0.15) is 41.9 Å². The first-order valence-electron chi connectivity index (χ1n) is 4.14. The molecular weight excluding hydrogens is 112 g/mol. The van der Waals surface area contributed by atoms with Crippen LogP contribution in [0.15, 0.2) is 0 Å². The van der Waals surface area contributed by atoms with Crippen molar-refractivity contribution in [3.63, 3.8) is 0 Å². The second kappa shape index (κ2) is 3.00. The van der Waals surface area contributed by atoms with Crippen LogP contribution in [0.5, 0.6) is 0 Å². The molecule has 0 saturated heterocycles. The summed E-state index contributed by atoms with van der Waals surface area (Å²) in [6.45, 7) is 5.76. The number of hydrogen-bond donors (Lipinski definition) is 0. The molecule has 0 rings (SSSR count). The molecule has 0 heterocycles. The highest BCUT2D eigenvalue weighted by Gasteiger charge is 2.24. The SMILES string of the molecule is [3H]CC(CC)(CC)C(C)=O. The lowest BCUT2D eigenvalue weighted by atomic mass is 9.81. The van der Waals surface area contributed by atoms with Crippen LogP contribution in [0, 0.1) is 5.41 Å². The second-order valence-corrected chi connectivity index (χ2v) is 2.54. The zero-order chi connectivity index (χ0) is 8.20. The topological polar surface area (TPSA) is 17.1 Å². The Labute approximate surface area is 58.9 Å². The van der Waals surface area contributed by atoms with Crippen LogP contribution in [0.3, 0.4) is 0 Å². The second-order valence-electron chi connectivity index (χ2n) is 2.54. The Morgan fingerprint density at radius 2 is 2.00 bits per heavy atom. The van der Waals surface area contributed by atoms with Gasteiger partial charge in [-0.05, 0) is 19.8 Å². The minimum Gasteiger partial charge on any atom is -0.299 e. The van der Waals surface area contributed by atoms with E-state index >= 15 is 0 Å². The van der Waals surface area contributed by atoms with Crippen LogP contribution in [0.25, 0.3) is 0 Å². The molecule has 54 valence electrons. The monoisotopic (exact) mass is 130 g/mol. The fourth-order valence-electron chi connectivity index (χ4n) is 0.748. The average Bonchev–Trinajstić information content (AvgIpc) is 1.92. The maximum Gasteiger partial charge on any atom is 0.135 e. The molecule has 0 atom stereocenters. The van der Waals surface area contributed by atoms with Crippen LogP contribution < -0.4 is 0 Å². The van der Waals surface area contributed by atoms with E-state index in [9.17, 15) is 4.79 Å². The molecule has 0 N–H and O–H groups in total. The van der Waals surface area contributed by atoms with Crippen LogP contribution in [0.4, 0.5) is 0 Å². The van der Waals surface area contributed by atoms with Crippen molar-refractivity contribution < 1.29 is 6.17 Å². The van der Waals surface area contributed by atoms with Gasteiger partial charge in [-0.2, -0.15) is 0 Å². The van der Waals surface area contributed by atoms with Gasteiger partial charge < -0.3 is 0 Å². The van der Waals surface area contributed by atoms with Gasteiger partial charge in [0.2, 0.25) is 0 Å². The van der Waals surface area contributed by atoms with Crippen molar-refractivity contribution in [3.05, 3.63) is 0 Å². The summed E-state index contributed by atoms with van der Waals surface area (Å²) < 4.78 is 7.22. The van der Waals surface area contributed by atoms with Crippen molar-refractivity contribution in [2.75, 3.05) is 0 Å². The lowest BCUT2D eigenvalue weighted by Crippen LogP contribution is -2.23. The maximum atomic E-state index is 11.0. The van der Waals surface area contributed by atoms with E-state index in [1.165, 1.54) is 0 Å². The minimum atomic E-state index is -0.347. The molecule has 1 nitrogen and oxygen atoms in total. The van der Waals surface area contributed by atoms with E-state index in [0.717, 1.165) is 12.8 Å². The first kappa shape index (κ1) is 6.79. The summed E-state index contributed by atoms with van der Waals surface area (Å²) in [5.74, 6) is 0.160. The lowest BCUT2D eigenvalue weighted by Gasteiger charge is -2.22. The zero-order valence-electron chi connectivity index (χ0n) is 7.53. The first-order valence-corrected chi connectivity index (χ1v) is 3.43. The van der Waals surface area contributed by atoms with Crippen LogP contribution >= 0.6 is 0 Å². The molecule has 0 aliphatic carbocycles. The molecule has 0 radical (unpaired) electrons. The number of rotatable bonds is 3. The third-order valence-corrected chi connectivity index (χ3v) is 2.10. The molecule has 9 heavy (non-hydrogen) atoms. The normalized spacial score (nSPS) is 13.0. The Balaban J connectivity index is 4.31. The quantitative estimate of drug-likeness (QED) is 0.573. The van der Waals surface area contributed by atoms with Crippen molar-refractivity contribution >= 4 is 5.78 Å². The summed E-state index contributed by atoms with van der Waals surface area (Å²) in [6, 6.07) is 0. The fraction of sp³-hybridized carbons (Fsp3) is 0.875. The summed E-state index contributed by atoms with van der Waals surface area (Å²) in [5, 5.41) is 0. The van der Waals surface area contributed by atoms with Crippen molar-refractivity contribution in [1.82, 2.24) is 0 Å². The molecule has 0 unspecified atom stereocenters. The standard InChI is InChI=1S/C8H16O/c1-5-8(4,6-2)7(3)9/h5-6H2,1-4H3/i4T. The van der Waals surface area contributed by atoms with E-state index < -0.39 is 0 Å². The molecule has 0 fully saturated rings. The summed E-state index contributed by atoms with van der Waals surface area (Å²) in [6.07, 6.45) is 1.59. The molecule has 0 aromatic heterocycles. The van der Waals surface area contributed by atoms with Gasteiger partial charge in [-0.1, -0.05) is 20.7 Å². The van der Waals surface area contributed by atoms with Gasteiger partial charge in [-0.3, -0.25) is 4.79 Å². The van der Waals surface area contributed by atoms with E-state index in [2.05, 4.69) is 0 Å². The van der Waals surface area contributed by atoms with Crippen LogP contribution in [-0.4, -0.2) is 5.78 Å². The van der Waals surface area contributed by atoms with E-state index in [0.29, 0.717) is 0 Å². The van der Waals surface area contributed by atoms with Crippen molar-refractivity contribution in [1.29, 1.82) is 0 Å². The molecule has 0 aromatic carbocycles. The molecule has 0 aromatic rings. The molecule has 0 saturated carbocycles. The average molecular weight is 130 g/mol. The number of ketones is 1. The Bertz CT molecular complexity index is 108. The molecule has 0 spiro atoms. The van der Waals surface area contributed by atoms with Crippen molar-refractivity contribution in [2.24, 2.45) is 5.41 Å². The van der Waals surface area contributed by atoms with Crippen molar-refractivity contribution in [2.45, 2.75) is 40.5 Å². The van der Waals surface area contributed by atoms with E-state index in [-0.39, 0.29) is 18.1 Å². The fourth-order valence-corrected chi connectivity index (χ4v) is 0.748. The Morgan fingerprint density at radius 3 is 2.00 bits per heavy atom. The zero-order valence-corrected chi connectivity index (χ0v) is 6.53. The Hall–Kier alpha value is -0.330. The predicted molar refractivity (Wildman–Crippen MR) is 39.4 cm³/mol. The number of hydrogen-bond acceptors (Lipinski definition) is 1. The third kappa shape index (κ3) is 1.81. The number of carbonyl (C=O) groups excluding carboxylic acids is 1. The molecule has 0 aliphatic heterocycles. The van der Waals surface area contributed by atoms with Crippen LogP contribution in [-0.2, 0) is 4.79 Å². The Kier molecular flexibility index (Phi) is 2.26. The highest BCUT2D eigenvalue weighted by molar-refractivity contribution is 5.81. The molecule has 0 amide bonds. The largest absolute Gasteiger partial charge is 0.299 e. The molecule has 1 heteroatoms. The van der Waals surface area contributed by atoms with Crippen molar-refractivity contribution in [3.8, 4) is 0 Å². The summed E-state index contributed by atoms with van der Waals surface area (Å²) >= 11 is 0. The lowest BCUT2D eigenvalue weighted by molar-refractivity contribution is -0.126.